The second-order valence-corrected chi connectivity index (χ2v) is 6.01. The first kappa shape index (κ1) is 18.3. The minimum absolute atomic E-state index is 0.382. The van der Waals surface area contributed by atoms with Crippen LogP contribution in [0.1, 0.15) is 27.0 Å². The van der Waals surface area contributed by atoms with Gasteiger partial charge in [-0.25, -0.2) is 0 Å². The molecule has 0 spiro atoms. The maximum atomic E-state index is 11.3. The van der Waals surface area contributed by atoms with Crippen molar-refractivity contribution in [3.8, 4) is 34.5 Å². The lowest BCUT2D eigenvalue weighted by Gasteiger charge is -2.09. The number of carbonyl (C=O) groups excluding carboxylic acids is 1. The minimum atomic E-state index is 0.382. The molecule has 3 aromatic carbocycles. The summed E-state index contributed by atoms with van der Waals surface area (Å²) < 4.78 is 10.6. The molecular weight excluding hydrogens is 336 g/mol. The Morgan fingerprint density at radius 3 is 2.11 bits per heavy atom. The van der Waals surface area contributed by atoms with E-state index in [0.29, 0.717) is 17.1 Å². The van der Waals surface area contributed by atoms with Crippen LogP contribution in [0.2, 0.25) is 0 Å². The number of carbonyl (C=O) groups is 1. The molecule has 0 unspecified atom stereocenters. The standard InChI is InChI=1S/C24H20O3/c1-17-19(10-7-11-21(17)20-8-5-4-6-9-20)13-12-18-14-23(26-2)22(16-25)24(15-18)27-3/h4-11,14-16H,1-3H3. The monoisotopic (exact) mass is 356 g/mol. The first-order valence-corrected chi connectivity index (χ1v) is 8.56. The number of hydrogen-bond donors (Lipinski definition) is 0. The fourth-order valence-electron chi connectivity index (χ4n) is 2.97. The van der Waals surface area contributed by atoms with Crippen molar-refractivity contribution >= 4 is 6.29 Å². The van der Waals surface area contributed by atoms with Crippen LogP contribution in [0.4, 0.5) is 0 Å². The Hall–Kier alpha value is -3.51. The molecule has 0 aromatic heterocycles. The molecule has 3 nitrogen and oxygen atoms in total. The Kier molecular flexibility index (Phi) is 5.58. The Morgan fingerprint density at radius 2 is 1.52 bits per heavy atom. The molecule has 0 heterocycles. The number of methoxy groups -OCH3 is 2. The van der Waals surface area contributed by atoms with Crippen LogP contribution in [0.3, 0.4) is 0 Å². The smallest absolute Gasteiger partial charge is 0.157 e. The van der Waals surface area contributed by atoms with E-state index in [9.17, 15) is 4.79 Å². The summed E-state index contributed by atoms with van der Waals surface area (Å²) in [5.74, 6) is 7.28. The maximum Gasteiger partial charge on any atom is 0.157 e. The highest BCUT2D eigenvalue weighted by atomic mass is 16.5. The SMILES string of the molecule is COc1cc(C#Cc2cccc(-c3ccccc3)c2C)cc(OC)c1C=O. The molecular formula is C24H20O3. The normalized spacial score (nSPS) is 9.89. The van der Waals surface area contributed by atoms with Gasteiger partial charge in [-0.05, 0) is 41.8 Å². The van der Waals surface area contributed by atoms with Gasteiger partial charge in [0.05, 0.1) is 19.8 Å². The third kappa shape index (κ3) is 3.86. The molecule has 3 rings (SSSR count). The van der Waals surface area contributed by atoms with E-state index in [0.717, 1.165) is 34.1 Å². The Morgan fingerprint density at radius 1 is 0.852 bits per heavy atom. The third-order valence-corrected chi connectivity index (χ3v) is 4.42. The predicted octanol–water partition coefficient (Wildman–Crippen LogP) is 4.89. The van der Waals surface area contributed by atoms with Gasteiger partial charge < -0.3 is 9.47 Å². The zero-order chi connectivity index (χ0) is 19.2. The van der Waals surface area contributed by atoms with Crippen LogP contribution >= 0.6 is 0 Å². The molecule has 3 heteroatoms. The van der Waals surface area contributed by atoms with Gasteiger partial charge in [-0.3, -0.25) is 4.79 Å². The summed E-state index contributed by atoms with van der Waals surface area (Å²) in [5.41, 5.74) is 5.51. The fraction of sp³-hybridized carbons (Fsp3) is 0.125. The zero-order valence-corrected chi connectivity index (χ0v) is 15.6. The summed E-state index contributed by atoms with van der Waals surface area (Å²) in [6, 6.07) is 19.8. The van der Waals surface area contributed by atoms with Crippen molar-refractivity contribution in [2.75, 3.05) is 14.2 Å². The lowest BCUT2D eigenvalue weighted by Crippen LogP contribution is -1.96. The Bertz CT molecular complexity index is 999. The molecule has 0 aliphatic carbocycles. The van der Waals surface area contributed by atoms with Crippen LogP contribution in [0.25, 0.3) is 11.1 Å². The number of hydrogen-bond acceptors (Lipinski definition) is 3. The molecule has 0 saturated carbocycles. The van der Waals surface area contributed by atoms with Crippen LogP contribution in [-0.2, 0) is 0 Å². The molecule has 0 radical (unpaired) electrons. The summed E-state index contributed by atoms with van der Waals surface area (Å²) in [7, 11) is 3.04. The van der Waals surface area contributed by atoms with Crippen molar-refractivity contribution in [2.24, 2.45) is 0 Å². The predicted molar refractivity (Wildman–Crippen MR) is 108 cm³/mol. The van der Waals surface area contributed by atoms with E-state index in [1.807, 2.05) is 30.3 Å². The summed E-state index contributed by atoms with van der Waals surface area (Å²) in [6.45, 7) is 2.07. The van der Waals surface area contributed by atoms with Crippen molar-refractivity contribution in [3.05, 3.63) is 82.9 Å². The summed E-state index contributed by atoms with van der Waals surface area (Å²) in [6.07, 6.45) is 0.725. The molecule has 0 saturated heterocycles. The van der Waals surface area contributed by atoms with E-state index in [1.54, 1.807) is 12.1 Å². The third-order valence-electron chi connectivity index (χ3n) is 4.42. The van der Waals surface area contributed by atoms with Gasteiger partial charge in [0.25, 0.3) is 0 Å². The van der Waals surface area contributed by atoms with E-state index in [1.165, 1.54) is 14.2 Å². The van der Waals surface area contributed by atoms with Gasteiger partial charge in [0, 0.05) is 11.1 Å². The Balaban J connectivity index is 2.03. The first-order valence-electron chi connectivity index (χ1n) is 8.56. The highest BCUT2D eigenvalue weighted by molar-refractivity contribution is 5.84. The lowest BCUT2D eigenvalue weighted by molar-refractivity contribution is 0.111. The van der Waals surface area contributed by atoms with Gasteiger partial charge in [-0.1, -0.05) is 54.3 Å². The van der Waals surface area contributed by atoms with E-state index >= 15 is 0 Å². The van der Waals surface area contributed by atoms with E-state index in [-0.39, 0.29) is 0 Å². The number of rotatable bonds is 4. The average Bonchev–Trinajstić information content (AvgIpc) is 2.72. The zero-order valence-electron chi connectivity index (χ0n) is 15.6. The van der Waals surface area contributed by atoms with E-state index < -0.39 is 0 Å². The quantitative estimate of drug-likeness (QED) is 0.493. The van der Waals surface area contributed by atoms with Crippen LogP contribution in [0, 0.1) is 18.8 Å². The fourth-order valence-corrected chi connectivity index (χ4v) is 2.97. The maximum absolute atomic E-state index is 11.3. The Labute approximate surface area is 159 Å². The second kappa shape index (κ2) is 8.25. The summed E-state index contributed by atoms with van der Waals surface area (Å²) in [4.78, 5) is 11.3. The summed E-state index contributed by atoms with van der Waals surface area (Å²) in [5, 5.41) is 0. The molecule has 27 heavy (non-hydrogen) atoms. The highest BCUT2D eigenvalue weighted by Gasteiger charge is 2.11. The van der Waals surface area contributed by atoms with Gasteiger partial charge in [0.1, 0.15) is 11.5 Å². The molecule has 3 aromatic rings. The first-order chi connectivity index (χ1) is 13.2. The van der Waals surface area contributed by atoms with Gasteiger partial charge in [-0.2, -0.15) is 0 Å². The number of ether oxygens (including phenoxy) is 2. The van der Waals surface area contributed by atoms with E-state index in [2.05, 4.69) is 37.0 Å². The minimum Gasteiger partial charge on any atom is -0.496 e. The van der Waals surface area contributed by atoms with Gasteiger partial charge in [-0.15, -0.1) is 0 Å². The van der Waals surface area contributed by atoms with Crippen molar-refractivity contribution in [2.45, 2.75) is 6.92 Å². The topological polar surface area (TPSA) is 35.5 Å². The van der Waals surface area contributed by atoms with Crippen LogP contribution < -0.4 is 9.47 Å². The largest absolute Gasteiger partial charge is 0.496 e. The van der Waals surface area contributed by atoms with Crippen molar-refractivity contribution < 1.29 is 14.3 Å². The van der Waals surface area contributed by atoms with Gasteiger partial charge in [0.15, 0.2) is 6.29 Å². The molecule has 134 valence electrons. The summed E-state index contributed by atoms with van der Waals surface area (Å²) >= 11 is 0. The lowest BCUT2D eigenvalue weighted by atomic mass is 9.96. The molecule has 0 aliphatic rings. The average molecular weight is 356 g/mol. The van der Waals surface area contributed by atoms with Gasteiger partial charge >= 0.3 is 0 Å². The molecule has 0 atom stereocenters. The molecule has 0 aliphatic heterocycles. The number of benzene rings is 3. The molecule has 0 N–H and O–H groups in total. The van der Waals surface area contributed by atoms with Crippen LogP contribution in [-0.4, -0.2) is 20.5 Å². The van der Waals surface area contributed by atoms with Crippen LogP contribution in [0.5, 0.6) is 11.5 Å². The highest BCUT2D eigenvalue weighted by Crippen LogP contribution is 2.29. The second-order valence-electron chi connectivity index (χ2n) is 6.01. The van der Waals surface area contributed by atoms with Crippen molar-refractivity contribution in [1.29, 1.82) is 0 Å². The van der Waals surface area contributed by atoms with Crippen LogP contribution in [0.15, 0.2) is 60.7 Å². The number of aldehydes is 1. The molecule has 0 bridgehead atoms. The van der Waals surface area contributed by atoms with E-state index in [4.69, 9.17) is 9.47 Å². The molecule has 0 fully saturated rings. The van der Waals surface area contributed by atoms with Crippen molar-refractivity contribution in [1.82, 2.24) is 0 Å². The van der Waals surface area contributed by atoms with Gasteiger partial charge in [0.2, 0.25) is 0 Å². The molecule has 0 amide bonds. The van der Waals surface area contributed by atoms with Crippen molar-refractivity contribution in [3.63, 3.8) is 0 Å².